The molecule has 2 heterocycles. The fraction of sp³-hybridized carbons (Fsp3) is 0.636. The zero-order valence-corrected chi connectivity index (χ0v) is 8.54. The Balaban J connectivity index is 1.55. The largest absolute Gasteiger partial charge is 0.472 e. The first kappa shape index (κ1) is 9.74. The molecule has 78 valence electrons. The van der Waals surface area contributed by atoms with Gasteiger partial charge >= 0.3 is 0 Å². The summed E-state index contributed by atoms with van der Waals surface area (Å²) in [6.45, 7) is 5.74. The van der Waals surface area contributed by atoms with Crippen molar-refractivity contribution in [3.8, 4) is 0 Å². The van der Waals surface area contributed by atoms with Crippen molar-refractivity contribution < 1.29 is 4.42 Å². The number of nitrogens with zero attached hydrogens (tertiary/aromatic N) is 1. The number of nitrogens with one attached hydrogen (secondary N) is 1. The van der Waals surface area contributed by atoms with E-state index in [1.165, 1.54) is 38.0 Å². The van der Waals surface area contributed by atoms with Gasteiger partial charge in [0.2, 0.25) is 0 Å². The van der Waals surface area contributed by atoms with Crippen molar-refractivity contribution in [1.82, 2.24) is 10.2 Å². The van der Waals surface area contributed by atoms with Crippen molar-refractivity contribution in [3.05, 3.63) is 24.2 Å². The van der Waals surface area contributed by atoms with Crippen molar-refractivity contribution in [2.45, 2.75) is 19.4 Å². The van der Waals surface area contributed by atoms with Gasteiger partial charge in [-0.1, -0.05) is 0 Å². The first-order chi connectivity index (χ1) is 6.95. The maximum absolute atomic E-state index is 4.99. The molecule has 1 fully saturated rings. The lowest BCUT2D eigenvalue weighted by molar-refractivity contribution is 0.335. The lowest BCUT2D eigenvalue weighted by atomic mass is 10.3. The SMILES string of the molecule is c1cc(CNCCN2CCCC2)co1. The van der Waals surface area contributed by atoms with Gasteiger partial charge in [0.25, 0.3) is 0 Å². The Labute approximate surface area is 85.1 Å². The molecule has 1 aliphatic rings. The molecule has 1 aromatic rings. The maximum Gasteiger partial charge on any atom is 0.0947 e. The van der Waals surface area contributed by atoms with Gasteiger partial charge in [0, 0.05) is 25.2 Å². The van der Waals surface area contributed by atoms with E-state index in [0.717, 1.165) is 13.1 Å². The van der Waals surface area contributed by atoms with Crippen molar-refractivity contribution in [2.24, 2.45) is 0 Å². The van der Waals surface area contributed by atoms with Crippen LogP contribution in [0.4, 0.5) is 0 Å². The molecule has 14 heavy (non-hydrogen) atoms. The average Bonchev–Trinajstić information content (AvgIpc) is 2.86. The third-order valence-corrected chi connectivity index (χ3v) is 2.71. The number of hydrogen-bond acceptors (Lipinski definition) is 3. The van der Waals surface area contributed by atoms with Crippen LogP contribution in [0.25, 0.3) is 0 Å². The molecule has 0 bridgehead atoms. The zero-order valence-electron chi connectivity index (χ0n) is 8.54. The lowest BCUT2D eigenvalue weighted by Crippen LogP contribution is -2.29. The van der Waals surface area contributed by atoms with E-state index in [9.17, 15) is 0 Å². The fourth-order valence-electron chi connectivity index (χ4n) is 1.87. The van der Waals surface area contributed by atoms with E-state index < -0.39 is 0 Å². The molecule has 1 saturated heterocycles. The van der Waals surface area contributed by atoms with E-state index in [2.05, 4.69) is 10.2 Å². The highest BCUT2D eigenvalue weighted by molar-refractivity contribution is 5.04. The van der Waals surface area contributed by atoms with Crippen LogP contribution in [0.15, 0.2) is 23.0 Å². The van der Waals surface area contributed by atoms with Crippen molar-refractivity contribution in [1.29, 1.82) is 0 Å². The highest BCUT2D eigenvalue weighted by atomic mass is 16.3. The number of hydrogen-bond donors (Lipinski definition) is 1. The summed E-state index contributed by atoms with van der Waals surface area (Å²) in [6, 6.07) is 2.00. The molecule has 3 nitrogen and oxygen atoms in total. The molecule has 1 aromatic heterocycles. The zero-order chi connectivity index (χ0) is 9.64. The Kier molecular flexibility index (Phi) is 3.60. The van der Waals surface area contributed by atoms with Crippen LogP contribution in [0.3, 0.4) is 0 Å². The second-order valence-corrected chi connectivity index (χ2v) is 3.86. The summed E-state index contributed by atoms with van der Waals surface area (Å²) in [6.07, 6.45) is 6.27. The van der Waals surface area contributed by atoms with Gasteiger partial charge in [0.15, 0.2) is 0 Å². The Morgan fingerprint density at radius 1 is 1.36 bits per heavy atom. The number of rotatable bonds is 5. The van der Waals surface area contributed by atoms with E-state index in [1.807, 2.05) is 6.07 Å². The van der Waals surface area contributed by atoms with E-state index >= 15 is 0 Å². The highest BCUT2D eigenvalue weighted by Crippen LogP contribution is 2.05. The molecular formula is C11H18N2O. The monoisotopic (exact) mass is 194 g/mol. The standard InChI is InChI=1S/C11H18N2O/c1-2-6-13(5-1)7-4-12-9-11-3-8-14-10-11/h3,8,10,12H,1-2,4-7,9H2. The van der Waals surface area contributed by atoms with Crippen LogP contribution >= 0.6 is 0 Å². The summed E-state index contributed by atoms with van der Waals surface area (Å²) in [5.74, 6) is 0. The molecule has 0 saturated carbocycles. The van der Waals surface area contributed by atoms with Crippen LogP contribution in [0.2, 0.25) is 0 Å². The molecule has 0 aromatic carbocycles. The van der Waals surface area contributed by atoms with Gasteiger partial charge in [-0.25, -0.2) is 0 Å². The average molecular weight is 194 g/mol. The minimum Gasteiger partial charge on any atom is -0.472 e. The van der Waals surface area contributed by atoms with Crippen LogP contribution < -0.4 is 5.32 Å². The summed E-state index contributed by atoms with van der Waals surface area (Å²) < 4.78 is 4.99. The third-order valence-electron chi connectivity index (χ3n) is 2.71. The molecule has 2 rings (SSSR count). The molecule has 3 heteroatoms. The lowest BCUT2D eigenvalue weighted by Gasteiger charge is -2.14. The molecule has 0 spiro atoms. The van der Waals surface area contributed by atoms with Gasteiger partial charge < -0.3 is 14.6 Å². The molecule has 0 aliphatic carbocycles. The van der Waals surface area contributed by atoms with Crippen LogP contribution in [0, 0.1) is 0 Å². The van der Waals surface area contributed by atoms with E-state index in [4.69, 9.17) is 4.42 Å². The van der Waals surface area contributed by atoms with E-state index in [-0.39, 0.29) is 0 Å². The normalized spacial score (nSPS) is 17.7. The van der Waals surface area contributed by atoms with Gasteiger partial charge in [-0.15, -0.1) is 0 Å². The first-order valence-electron chi connectivity index (χ1n) is 5.39. The van der Waals surface area contributed by atoms with Crippen LogP contribution in [0.1, 0.15) is 18.4 Å². The van der Waals surface area contributed by atoms with Crippen LogP contribution in [0.5, 0.6) is 0 Å². The highest BCUT2D eigenvalue weighted by Gasteiger charge is 2.09. The van der Waals surface area contributed by atoms with Gasteiger partial charge in [-0.05, 0) is 32.0 Å². The second kappa shape index (κ2) is 5.17. The third kappa shape index (κ3) is 2.86. The first-order valence-corrected chi connectivity index (χ1v) is 5.39. The fourth-order valence-corrected chi connectivity index (χ4v) is 1.87. The van der Waals surface area contributed by atoms with E-state index in [0.29, 0.717) is 0 Å². The molecule has 0 amide bonds. The summed E-state index contributed by atoms with van der Waals surface area (Å²) in [4.78, 5) is 2.52. The molecule has 0 atom stereocenters. The predicted molar refractivity (Wildman–Crippen MR) is 56.1 cm³/mol. The Bertz CT molecular complexity index is 240. The number of furan rings is 1. The molecular weight excluding hydrogens is 176 g/mol. The second-order valence-electron chi connectivity index (χ2n) is 3.86. The summed E-state index contributed by atoms with van der Waals surface area (Å²) in [5, 5.41) is 3.41. The summed E-state index contributed by atoms with van der Waals surface area (Å²) in [5.41, 5.74) is 1.23. The Hall–Kier alpha value is -0.800. The topological polar surface area (TPSA) is 28.4 Å². The Morgan fingerprint density at radius 3 is 2.93 bits per heavy atom. The minimum absolute atomic E-state index is 0.921. The molecule has 0 radical (unpaired) electrons. The minimum atomic E-state index is 0.921. The Morgan fingerprint density at radius 2 is 2.21 bits per heavy atom. The quantitative estimate of drug-likeness (QED) is 0.719. The van der Waals surface area contributed by atoms with Gasteiger partial charge in [-0.3, -0.25) is 0 Å². The summed E-state index contributed by atoms with van der Waals surface area (Å²) in [7, 11) is 0. The van der Waals surface area contributed by atoms with Crippen molar-refractivity contribution >= 4 is 0 Å². The van der Waals surface area contributed by atoms with Crippen molar-refractivity contribution in [2.75, 3.05) is 26.2 Å². The van der Waals surface area contributed by atoms with Gasteiger partial charge in [0.1, 0.15) is 0 Å². The maximum atomic E-state index is 4.99. The molecule has 1 N–H and O–H groups in total. The van der Waals surface area contributed by atoms with Gasteiger partial charge in [0.05, 0.1) is 12.5 Å². The van der Waals surface area contributed by atoms with Crippen LogP contribution in [-0.2, 0) is 6.54 Å². The predicted octanol–water partition coefficient (Wildman–Crippen LogP) is 1.47. The number of likely N-dealkylation sites (tertiary alicyclic amines) is 1. The molecule has 1 aliphatic heterocycles. The summed E-state index contributed by atoms with van der Waals surface area (Å²) >= 11 is 0. The van der Waals surface area contributed by atoms with Crippen molar-refractivity contribution in [3.63, 3.8) is 0 Å². The van der Waals surface area contributed by atoms with Gasteiger partial charge in [-0.2, -0.15) is 0 Å². The smallest absolute Gasteiger partial charge is 0.0947 e. The molecule has 0 unspecified atom stereocenters. The van der Waals surface area contributed by atoms with Crippen LogP contribution in [-0.4, -0.2) is 31.1 Å². The van der Waals surface area contributed by atoms with E-state index in [1.54, 1.807) is 12.5 Å².